The molecule has 0 spiro atoms. The maximum absolute atomic E-state index is 13.3. The molecular formula is C17H21ClFNO. The third-order valence-corrected chi connectivity index (χ3v) is 3.65. The highest BCUT2D eigenvalue weighted by Gasteiger charge is 2.10. The number of hydrogen-bond acceptors (Lipinski definition) is 2. The molecule has 4 heteroatoms. The number of nitrogens with zero attached hydrogens (tertiary/aromatic N) is 1. The van der Waals surface area contributed by atoms with Gasteiger partial charge in [0.25, 0.3) is 0 Å². The van der Waals surface area contributed by atoms with Crippen molar-refractivity contribution in [1.29, 1.82) is 0 Å². The van der Waals surface area contributed by atoms with Gasteiger partial charge >= 0.3 is 0 Å². The molecule has 2 nitrogen and oxygen atoms in total. The third kappa shape index (κ3) is 5.57. The van der Waals surface area contributed by atoms with Crippen molar-refractivity contribution in [3.05, 3.63) is 29.6 Å². The number of rotatable bonds is 6. The molecule has 0 bridgehead atoms. The van der Waals surface area contributed by atoms with Crippen LogP contribution in [0.25, 0.3) is 0 Å². The molecule has 21 heavy (non-hydrogen) atoms. The fourth-order valence-electron chi connectivity index (χ4n) is 2.40. The van der Waals surface area contributed by atoms with Crippen LogP contribution in [0.1, 0.15) is 31.2 Å². The molecule has 0 amide bonds. The standard InChI is InChI=1S/C17H21ClFNO/c18-9-2-1-6-15-7-8-16(19)14-17(15)21-13-5-12-20-10-3-4-11-20/h7-8,14H,2-5,9-13H2. The van der Waals surface area contributed by atoms with E-state index in [0.29, 0.717) is 24.7 Å². The molecule has 0 atom stereocenters. The summed E-state index contributed by atoms with van der Waals surface area (Å²) < 4.78 is 19.0. The molecular weight excluding hydrogens is 289 g/mol. The Balaban J connectivity index is 1.85. The summed E-state index contributed by atoms with van der Waals surface area (Å²) in [6, 6.07) is 4.47. The number of ether oxygens (including phenoxy) is 1. The Labute approximate surface area is 131 Å². The molecule has 0 saturated carbocycles. The lowest BCUT2D eigenvalue weighted by atomic mass is 10.2. The van der Waals surface area contributed by atoms with Crippen molar-refractivity contribution in [2.45, 2.75) is 25.7 Å². The highest BCUT2D eigenvalue weighted by molar-refractivity contribution is 6.18. The van der Waals surface area contributed by atoms with Crippen molar-refractivity contribution in [3.8, 4) is 17.6 Å². The molecule has 2 rings (SSSR count). The van der Waals surface area contributed by atoms with Gasteiger partial charge < -0.3 is 9.64 Å². The third-order valence-electron chi connectivity index (χ3n) is 3.46. The van der Waals surface area contributed by atoms with Gasteiger partial charge in [0.2, 0.25) is 0 Å². The van der Waals surface area contributed by atoms with Gasteiger partial charge in [-0.05, 0) is 44.5 Å². The quantitative estimate of drug-likeness (QED) is 0.451. The number of benzene rings is 1. The first-order valence-electron chi connectivity index (χ1n) is 7.49. The molecule has 0 N–H and O–H groups in total. The normalized spacial score (nSPS) is 14.8. The van der Waals surface area contributed by atoms with Gasteiger partial charge in [0.15, 0.2) is 0 Å². The van der Waals surface area contributed by atoms with Gasteiger partial charge in [0, 0.05) is 24.9 Å². The van der Waals surface area contributed by atoms with Gasteiger partial charge in [-0.2, -0.15) is 0 Å². The van der Waals surface area contributed by atoms with Crippen molar-refractivity contribution in [1.82, 2.24) is 4.90 Å². The Morgan fingerprint density at radius 2 is 2.10 bits per heavy atom. The molecule has 1 aliphatic heterocycles. The van der Waals surface area contributed by atoms with Crippen LogP contribution in [-0.4, -0.2) is 37.0 Å². The zero-order chi connectivity index (χ0) is 14.9. The Morgan fingerprint density at radius 3 is 2.86 bits per heavy atom. The molecule has 0 radical (unpaired) electrons. The van der Waals surface area contributed by atoms with E-state index in [2.05, 4.69) is 16.7 Å². The van der Waals surface area contributed by atoms with Crippen molar-refractivity contribution in [2.24, 2.45) is 0 Å². The first-order valence-corrected chi connectivity index (χ1v) is 8.02. The molecule has 1 aliphatic rings. The van der Waals surface area contributed by atoms with Crippen LogP contribution in [0.3, 0.4) is 0 Å². The molecule has 1 aromatic rings. The van der Waals surface area contributed by atoms with E-state index >= 15 is 0 Å². The largest absolute Gasteiger partial charge is 0.492 e. The minimum absolute atomic E-state index is 0.299. The van der Waals surface area contributed by atoms with Crippen LogP contribution in [0.15, 0.2) is 18.2 Å². The van der Waals surface area contributed by atoms with E-state index in [9.17, 15) is 4.39 Å². The molecule has 1 heterocycles. The highest BCUT2D eigenvalue weighted by atomic mass is 35.5. The Morgan fingerprint density at radius 1 is 1.29 bits per heavy atom. The second-order valence-electron chi connectivity index (χ2n) is 5.13. The zero-order valence-corrected chi connectivity index (χ0v) is 13.0. The van der Waals surface area contributed by atoms with Crippen LogP contribution < -0.4 is 4.74 Å². The maximum Gasteiger partial charge on any atom is 0.137 e. The van der Waals surface area contributed by atoms with Gasteiger partial charge in [-0.15, -0.1) is 11.6 Å². The summed E-state index contributed by atoms with van der Waals surface area (Å²) in [6.07, 6.45) is 4.16. The topological polar surface area (TPSA) is 12.5 Å². The van der Waals surface area contributed by atoms with E-state index < -0.39 is 0 Å². The van der Waals surface area contributed by atoms with Gasteiger partial charge in [-0.25, -0.2) is 4.39 Å². The van der Waals surface area contributed by atoms with Crippen LogP contribution in [0.5, 0.6) is 5.75 Å². The van der Waals surface area contributed by atoms with Crippen LogP contribution >= 0.6 is 11.6 Å². The lowest BCUT2D eigenvalue weighted by Crippen LogP contribution is -2.22. The van der Waals surface area contributed by atoms with Gasteiger partial charge in [-0.3, -0.25) is 0 Å². The molecule has 1 fully saturated rings. The van der Waals surface area contributed by atoms with Crippen LogP contribution in [0, 0.1) is 17.7 Å². The first kappa shape index (κ1) is 16.1. The van der Waals surface area contributed by atoms with E-state index in [1.54, 1.807) is 6.07 Å². The molecule has 0 unspecified atom stereocenters. The van der Waals surface area contributed by atoms with E-state index in [-0.39, 0.29) is 5.82 Å². The summed E-state index contributed by atoms with van der Waals surface area (Å²) in [7, 11) is 0. The predicted octanol–water partition coefficient (Wildman–Crippen LogP) is 3.67. The van der Waals surface area contributed by atoms with E-state index in [1.807, 2.05) is 0 Å². The summed E-state index contributed by atoms with van der Waals surface area (Å²) in [5.41, 5.74) is 0.725. The summed E-state index contributed by atoms with van der Waals surface area (Å²) in [5, 5.41) is 0. The summed E-state index contributed by atoms with van der Waals surface area (Å²) in [4.78, 5) is 2.44. The number of hydrogen-bond donors (Lipinski definition) is 0. The van der Waals surface area contributed by atoms with Crippen LogP contribution in [0.2, 0.25) is 0 Å². The number of alkyl halides is 1. The minimum Gasteiger partial charge on any atom is -0.492 e. The Hall–Kier alpha value is -1.24. The SMILES string of the molecule is Fc1ccc(C#CCCCl)c(OCCCN2CCCC2)c1. The Bertz CT molecular complexity index is 503. The first-order chi connectivity index (χ1) is 10.3. The summed E-state index contributed by atoms with van der Waals surface area (Å²) >= 11 is 5.60. The molecule has 0 aliphatic carbocycles. The van der Waals surface area contributed by atoms with Crippen LogP contribution in [-0.2, 0) is 0 Å². The molecule has 0 aromatic heterocycles. The van der Waals surface area contributed by atoms with E-state index in [1.165, 1.54) is 38.1 Å². The predicted molar refractivity (Wildman–Crippen MR) is 84.4 cm³/mol. The van der Waals surface area contributed by atoms with Crippen LogP contribution in [0.4, 0.5) is 4.39 Å². The van der Waals surface area contributed by atoms with E-state index in [4.69, 9.17) is 16.3 Å². The average molecular weight is 310 g/mol. The van der Waals surface area contributed by atoms with E-state index in [0.717, 1.165) is 18.5 Å². The van der Waals surface area contributed by atoms with Gasteiger partial charge in [-0.1, -0.05) is 11.8 Å². The highest BCUT2D eigenvalue weighted by Crippen LogP contribution is 2.19. The monoisotopic (exact) mass is 309 g/mol. The summed E-state index contributed by atoms with van der Waals surface area (Å²) in [6.45, 7) is 4.01. The maximum atomic E-state index is 13.3. The molecule has 1 saturated heterocycles. The van der Waals surface area contributed by atoms with Crippen molar-refractivity contribution in [3.63, 3.8) is 0 Å². The smallest absolute Gasteiger partial charge is 0.137 e. The molecule has 114 valence electrons. The average Bonchev–Trinajstić information content (AvgIpc) is 2.99. The van der Waals surface area contributed by atoms with Crippen molar-refractivity contribution >= 4 is 11.6 Å². The second-order valence-corrected chi connectivity index (χ2v) is 5.51. The lowest BCUT2D eigenvalue weighted by Gasteiger charge is -2.14. The van der Waals surface area contributed by atoms with Crippen molar-refractivity contribution in [2.75, 3.05) is 32.1 Å². The fourth-order valence-corrected chi connectivity index (χ4v) is 2.49. The zero-order valence-electron chi connectivity index (χ0n) is 12.2. The van der Waals surface area contributed by atoms with Gasteiger partial charge in [0.05, 0.1) is 12.2 Å². The minimum atomic E-state index is -0.299. The molecule has 1 aromatic carbocycles. The number of halogens is 2. The summed E-state index contributed by atoms with van der Waals surface area (Å²) in [5.74, 6) is 6.67. The van der Waals surface area contributed by atoms with Gasteiger partial charge in [0.1, 0.15) is 11.6 Å². The lowest BCUT2D eigenvalue weighted by molar-refractivity contribution is 0.262. The number of likely N-dealkylation sites (tertiary alicyclic amines) is 1. The second kappa shape index (κ2) is 8.92. The Kier molecular flexibility index (Phi) is 6.85. The fraction of sp³-hybridized carbons (Fsp3) is 0.529. The van der Waals surface area contributed by atoms with Crippen molar-refractivity contribution < 1.29 is 9.13 Å².